The SMILES string of the molecule is CCCCCCCCCCCOC(=O)C(CCCC)NC(=O)OCCC. The summed E-state index contributed by atoms with van der Waals surface area (Å²) in [7, 11) is 0. The molecule has 154 valence electrons. The van der Waals surface area contributed by atoms with Crippen molar-refractivity contribution in [3.8, 4) is 0 Å². The zero-order valence-corrected chi connectivity index (χ0v) is 17.3. The van der Waals surface area contributed by atoms with Crippen LogP contribution in [0.3, 0.4) is 0 Å². The van der Waals surface area contributed by atoms with Crippen LogP contribution >= 0.6 is 0 Å². The Hall–Kier alpha value is -1.26. The molecule has 0 fully saturated rings. The number of hydrogen-bond acceptors (Lipinski definition) is 4. The number of alkyl carbamates (subject to hydrolysis) is 1. The lowest BCUT2D eigenvalue weighted by molar-refractivity contribution is -0.146. The molecule has 0 aliphatic carbocycles. The summed E-state index contributed by atoms with van der Waals surface area (Å²) in [6.07, 6.45) is 13.7. The van der Waals surface area contributed by atoms with E-state index in [1.165, 1.54) is 44.9 Å². The van der Waals surface area contributed by atoms with Crippen molar-refractivity contribution in [2.75, 3.05) is 13.2 Å². The third-order valence-electron chi connectivity index (χ3n) is 4.35. The minimum Gasteiger partial charge on any atom is -0.464 e. The molecule has 0 aliphatic rings. The van der Waals surface area contributed by atoms with Crippen LogP contribution in [-0.4, -0.2) is 31.3 Å². The maximum Gasteiger partial charge on any atom is 0.407 e. The molecule has 0 radical (unpaired) electrons. The number of amides is 1. The molecule has 0 bridgehead atoms. The van der Waals surface area contributed by atoms with E-state index in [-0.39, 0.29) is 5.97 Å². The predicted octanol–water partition coefficient (Wildman–Crippen LogP) is 5.76. The van der Waals surface area contributed by atoms with E-state index in [0.717, 1.165) is 32.1 Å². The van der Waals surface area contributed by atoms with Crippen molar-refractivity contribution in [1.82, 2.24) is 5.32 Å². The minimum absolute atomic E-state index is 0.341. The van der Waals surface area contributed by atoms with Crippen molar-refractivity contribution in [2.24, 2.45) is 0 Å². The fraction of sp³-hybridized carbons (Fsp3) is 0.905. The first-order chi connectivity index (χ1) is 12.7. The van der Waals surface area contributed by atoms with Gasteiger partial charge in [0.1, 0.15) is 6.04 Å². The molecule has 0 aromatic carbocycles. The van der Waals surface area contributed by atoms with Gasteiger partial charge in [0.25, 0.3) is 0 Å². The zero-order valence-electron chi connectivity index (χ0n) is 17.3. The summed E-state index contributed by atoms with van der Waals surface area (Å²) < 4.78 is 10.4. The van der Waals surface area contributed by atoms with Crippen LogP contribution in [0, 0.1) is 0 Å². The Bertz CT molecular complexity index is 347. The fourth-order valence-electron chi connectivity index (χ4n) is 2.72. The topological polar surface area (TPSA) is 64.6 Å². The van der Waals surface area contributed by atoms with Crippen LogP contribution in [0.1, 0.15) is 104 Å². The summed E-state index contributed by atoms with van der Waals surface area (Å²) in [6, 6.07) is -0.599. The lowest BCUT2D eigenvalue weighted by Crippen LogP contribution is -2.42. The standard InChI is InChI=1S/C21H41NO4/c1-4-7-9-10-11-12-13-14-15-18-25-20(23)19(16-8-5-2)22-21(24)26-17-6-3/h19H,4-18H2,1-3H3,(H,22,24). The van der Waals surface area contributed by atoms with Crippen molar-refractivity contribution < 1.29 is 19.1 Å². The highest BCUT2D eigenvalue weighted by Gasteiger charge is 2.22. The molecule has 0 aromatic heterocycles. The van der Waals surface area contributed by atoms with Crippen molar-refractivity contribution >= 4 is 12.1 Å². The Morgan fingerprint density at radius 3 is 1.85 bits per heavy atom. The second-order valence-corrected chi connectivity index (χ2v) is 6.97. The molecule has 0 saturated carbocycles. The van der Waals surface area contributed by atoms with Crippen LogP contribution in [0.2, 0.25) is 0 Å². The van der Waals surface area contributed by atoms with Gasteiger partial charge in [-0.25, -0.2) is 9.59 Å². The average Bonchev–Trinajstić information content (AvgIpc) is 2.64. The smallest absolute Gasteiger partial charge is 0.407 e. The number of ether oxygens (including phenoxy) is 2. The van der Waals surface area contributed by atoms with Crippen molar-refractivity contribution in [3.05, 3.63) is 0 Å². The quantitative estimate of drug-likeness (QED) is 0.261. The molecule has 5 nitrogen and oxygen atoms in total. The summed E-state index contributed by atoms with van der Waals surface area (Å²) in [5, 5.41) is 2.64. The Morgan fingerprint density at radius 2 is 1.27 bits per heavy atom. The number of rotatable bonds is 17. The molecular weight excluding hydrogens is 330 g/mol. The third-order valence-corrected chi connectivity index (χ3v) is 4.35. The summed E-state index contributed by atoms with van der Waals surface area (Å²) in [5.41, 5.74) is 0. The van der Waals surface area contributed by atoms with Crippen LogP contribution in [-0.2, 0) is 14.3 Å². The van der Waals surface area contributed by atoms with Crippen molar-refractivity contribution in [1.29, 1.82) is 0 Å². The van der Waals surface area contributed by atoms with Gasteiger partial charge < -0.3 is 14.8 Å². The number of carbonyl (C=O) groups is 2. The van der Waals surface area contributed by atoms with Gasteiger partial charge in [0.15, 0.2) is 0 Å². The van der Waals surface area contributed by atoms with E-state index in [4.69, 9.17) is 9.47 Å². The number of hydrogen-bond donors (Lipinski definition) is 1. The fourth-order valence-corrected chi connectivity index (χ4v) is 2.72. The summed E-state index contributed by atoms with van der Waals surface area (Å²) >= 11 is 0. The summed E-state index contributed by atoms with van der Waals surface area (Å²) in [5.74, 6) is -0.341. The minimum atomic E-state index is -0.599. The number of unbranched alkanes of at least 4 members (excludes halogenated alkanes) is 9. The first kappa shape index (κ1) is 24.7. The maximum atomic E-state index is 12.2. The average molecular weight is 372 g/mol. The molecule has 0 spiro atoms. The Balaban J connectivity index is 3.86. The molecule has 26 heavy (non-hydrogen) atoms. The summed E-state index contributed by atoms with van der Waals surface area (Å²) in [6.45, 7) is 7.02. The van der Waals surface area contributed by atoms with Gasteiger partial charge in [0.05, 0.1) is 13.2 Å². The highest BCUT2D eigenvalue weighted by molar-refractivity contribution is 5.81. The Kier molecular flexibility index (Phi) is 17.6. The third kappa shape index (κ3) is 15.0. The van der Waals surface area contributed by atoms with Gasteiger partial charge in [-0.05, 0) is 19.3 Å². The van der Waals surface area contributed by atoms with Crippen LogP contribution in [0.4, 0.5) is 4.79 Å². The van der Waals surface area contributed by atoms with E-state index >= 15 is 0 Å². The predicted molar refractivity (Wildman–Crippen MR) is 106 cm³/mol. The van der Waals surface area contributed by atoms with Gasteiger partial charge in [-0.3, -0.25) is 0 Å². The van der Waals surface area contributed by atoms with Crippen molar-refractivity contribution in [3.63, 3.8) is 0 Å². The van der Waals surface area contributed by atoms with Gasteiger partial charge in [-0.2, -0.15) is 0 Å². The van der Waals surface area contributed by atoms with E-state index < -0.39 is 12.1 Å². The molecule has 0 saturated heterocycles. The molecule has 0 heterocycles. The molecular formula is C21H41NO4. The van der Waals surface area contributed by atoms with Gasteiger partial charge in [-0.1, -0.05) is 85.0 Å². The number of nitrogens with one attached hydrogen (secondary N) is 1. The van der Waals surface area contributed by atoms with E-state index in [1.54, 1.807) is 0 Å². The summed E-state index contributed by atoms with van der Waals surface area (Å²) in [4.78, 5) is 23.9. The molecule has 5 heteroatoms. The molecule has 1 atom stereocenters. The van der Waals surface area contributed by atoms with Crippen molar-refractivity contribution in [2.45, 2.75) is 110 Å². The van der Waals surface area contributed by atoms with Crippen LogP contribution in [0.5, 0.6) is 0 Å². The molecule has 1 N–H and O–H groups in total. The van der Waals surface area contributed by atoms with E-state index in [2.05, 4.69) is 19.2 Å². The zero-order chi connectivity index (χ0) is 19.5. The van der Waals surface area contributed by atoms with Gasteiger partial charge in [0.2, 0.25) is 0 Å². The van der Waals surface area contributed by atoms with E-state index in [1.807, 2.05) is 6.92 Å². The van der Waals surface area contributed by atoms with Gasteiger partial charge in [0, 0.05) is 0 Å². The second-order valence-electron chi connectivity index (χ2n) is 6.97. The van der Waals surface area contributed by atoms with Crippen LogP contribution < -0.4 is 5.32 Å². The van der Waals surface area contributed by atoms with Gasteiger partial charge >= 0.3 is 12.1 Å². The van der Waals surface area contributed by atoms with E-state index in [9.17, 15) is 9.59 Å². The number of carbonyl (C=O) groups excluding carboxylic acids is 2. The molecule has 0 aliphatic heterocycles. The van der Waals surface area contributed by atoms with Crippen LogP contribution in [0.25, 0.3) is 0 Å². The maximum absolute atomic E-state index is 12.2. The molecule has 0 aromatic rings. The van der Waals surface area contributed by atoms with E-state index in [0.29, 0.717) is 19.6 Å². The highest BCUT2D eigenvalue weighted by atomic mass is 16.6. The van der Waals surface area contributed by atoms with Crippen LogP contribution in [0.15, 0.2) is 0 Å². The normalized spacial score (nSPS) is 11.8. The highest BCUT2D eigenvalue weighted by Crippen LogP contribution is 2.10. The Labute approximate surface area is 160 Å². The molecule has 0 rings (SSSR count). The lowest BCUT2D eigenvalue weighted by Gasteiger charge is -2.17. The number of esters is 1. The molecule has 1 amide bonds. The molecule has 1 unspecified atom stereocenters. The lowest BCUT2D eigenvalue weighted by atomic mass is 10.1. The van der Waals surface area contributed by atoms with Gasteiger partial charge in [-0.15, -0.1) is 0 Å². The second kappa shape index (κ2) is 18.5. The first-order valence-corrected chi connectivity index (χ1v) is 10.8. The largest absolute Gasteiger partial charge is 0.464 e. The Morgan fingerprint density at radius 1 is 0.692 bits per heavy atom. The first-order valence-electron chi connectivity index (χ1n) is 10.8. The monoisotopic (exact) mass is 371 g/mol.